The van der Waals surface area contributed by atoms with E-state index < -0.39 is 20.0 Å². The number of hydrogen-bond acceptors (Lipinski definition) is 6. The van der Waals surface area contributed by atoms with Gasteiger partial charge in [-0.05, 0) is 73.2 Å². The van der Waals surface area contributed by atoms with Crippen molar-refractivity contribution >= 4 is 43.0 Å². The van der Waals surface area contributed by atoms with Gasteiger partial charge in [0.1, 0.15) is 5.75 Å². The number of aryl methyl sites for hydroxylation is 1. The number of amides is 1. The van der Waals surface area contributed by atoms with Gasteiger partial charge in [0.15, 0.2) is 0 Å². The second-order valence-electron chi connectivity index (χ2n) is 7.12. The van der Waals surface area contributed by atoms with E-state index in [1.807, 2.05) is 0 Å². The van der Waals surface area contributed by atoms with Crippen molar-refractivity contribution in [3.05, 3.63) is 72.3 Å². The van der Waals surface area contributed by atoms with Gasteiger partial charge in [0, 0.05) is 18.3 Å². The maximum atomic E-state index is 12.8. The topological polar surface area (TPSA) is 131 Å². The third-order valence-corrected chi connectivity index (χ3v) is 7.35. The molecule has 0 saturated carbocycles. The summed E-state index contributed by atoms with van der Waals surface area (Å²) in [4.78, 5) is 11.0. The zero-order valence-electron chi connectivity index (χ0n) is 18.1. The summed E-state index contributed by atoms with van der Waals surface area (Å²) in [6, 6.07) is 16.1. The van der Waals surface area contributed by atoms with Crippen LogP contribution in [0.1, 0.15) is 12.5 Å². The molecule has 0 aliphatic rings. The molecule has 174 valence electrons. The number of carbonyl (C=O) groups is 1. The zero-order valence-corrected chi connectivity index (χ0v) is 19.7. The van der Waals surface area contributed by atoms with Gasteiger partial charge in [-0.1, -0.05) is 6.07 Å². The molecule has 0 aromatic heterocycles. The van der Waals surface area contributed by atoms with Crippen molar-refractivity contribution in [3.8, 4) is 5.75 Å². The van der Waals surface area contributed by atoms with E-state index in [2.05, 4.69) is 14.8 Å². The minimum atomic E-state index is -4.00. The van der Waals surface area contributed by atoms with Crippen LogP contribution < -0.4 is 19.5 Å². The molecule has 0 atom stereocenters. The summed E-state index contributed by atoms with van der Waals surface area (Å²) >= 11 is 0. The number of nitrogens with one attached hydrogen (secondary N) is 3. The van der Waals surface area contributed by atoms with E-state index in [0.29, 0.717) is 22.7 Å². The fourth-order valence-corrected chi connectivity index (χ4v) is 5.08. The molecule has 0 aliphatic carbocycles. The normalized spacial score (nSPS) is 11.5. The second-order valence-corrected chi connectivity index (χ2v) is 10.5. The molecule has 11 heteroatoms. The van der Waals surface area contributed by atoms with Crippen molar-refractivity contribution in [3.63, 3.8) is 0 Å². The van der Waals surface area contributed by atoms with E-state index >= 15 is 0 Å². The van der Waals surface area contributed by atoms with Crippen molar-refractivity contribution in [1.82, 2.24) is 0 Å². The Morgan fingerprint density at radius 3 is 1.88 bits per heavy atom. The first-order chi connectivity index (χ1) is 15.5. The van der Waals surface area contributed by atoms with Crippen LogP contribution in [0.15, 0.2) is 76.5 Å². The lowest BCUT2D eigenvalue weighted by atomic mass is 10.2. The first-order valence-corrected chi connectivity index (χ1v) is 12.6. The largest absolute Gasteiger partial charge is 0.497 e. The number of rotatable bonds is 8. The smallest absolute Gasteiger partial charge is 0.261 e. The van der Waals surface area contributed by atoms with Gasteiger partial charge in [0.2, 0.25) is 5.91 Å². The summed E-state index contributed by atoms with van der Waals surface area (Å²) in [5.74, 6) is 0.302. The molecular formula is C22H23N3O6S2. The minimum Gasteiger partial charge on any atom is -0.497 e. The third-order valence-electron chi connectivity index (χ3n) is 4.59. The predicted octanol–water partition coefficient (Wildman–Crippen LogP) is 3.56. The molecule has 0 aliphatic heterocycles. The molecule has 0 radical (unpaired) electrons. The van der Waals surface area contributed by atoms with E-state index in [4.69, 9.17) is 4.74 Å². The van der Waals surface area contributed by atoms with E-state index in [1.165, 1.54) is 56.5 Å². The van der Waals surface area contributed by atoms with Gasteiger partial charge >= 0.3 is 0 Å². The molecule has 1 amide bonds. The molecule has 3 aromatic carbocycles. The minimum absolute atomic E-state index is 0.0411. The van der Waals surface area contributed by atoms with E-state index in [9.17, 15) is 21.6 Å². The van der Waals surface area contributed by atoms with Crippen LogP contribution in [-0.2, 0) is 24.8 Å². The highest BCUT2D eigenvalue weighted by molar-refractivity contribution is 7.93. The maximum absolute atomic E-state index is 12.8. The Hall–Kier alpha value is -3.57. The highest BCUT2D eigenvalue weighted by atomic mass is 32.2. The molecule has 0 saturated heterocycles. The van der Waals surface area contributed by atoms with Crippen LogP contribution in [-0.4, -0.2) is 29.9 Å². The lowest BCUT2D eigenvalue weighted by molar-refractivity contribution is -0.114. The van der Waals surface area contributed by atoms with Crippen LogP contribution in [0.2, 0.25) is 0 Å². The third kappa shape index (κ3) is 6.02. The van der Waals surface area contributed by atoms with Crippen LogP contribution in [0.3, 0.4) is 0 Å². The molecule has 3 N–H and O–H groups in total. The van der Waals surface area contributed by atoms with Crippen molar-refractivity contribution in [2.75, 3.05) is 21.9 Å². The molecule has 9 nitrogen and oxygen atoms in total. The highest BCUT2D eigenvalue weighted by Gasteiger charge is 2.19. The van der Waals surface area contributed by atoms with Gasteiger partial charge < -0.3 is 10.1 Å². The molecule has 0 spiro atoms. The summed E-state index contributed by atoms with van der Waals surface area (Å²) in [7, 11) is -6.47. The Kier molecular flexibility index (Phi) is 6.94. The fraction of sp³-hybridized carbons (Fsp3) is 0.136. The van der Waals surface area contributed by atoms with Crippen molar-refractivity contribution in [1.29, 1.82) is 0 Å². The van der Waals surface area contributed by atoms with Crippen LogP contribution in [0.4, 0.5) is 17.1 Å². The SMILES string of the molecule is COc1ccc(NS(=O)(=O)c2ccc(C)c(NS(=O)(=O)c3ccc(NC(C)=O)cc3)c2)cc1. The maximum Gasteiger partial charge on any atom is 0.261 e. The number of methoxy groups -OCH3 is 1. The van der Waals surface area contributed by atoms with E-state index in [1.54, 1.807) is 31.2 Å². The zero-order chi connectivity index (χ0) is 24.2. The summed E-state index contributed by atoms with van der Waals surface area (Å²) in [5.41, 5.74) is 1.45. The summed E-state index contributed by atoms with van der Waals surface area (Å²) in [6.07, 6.45) is 0. The summed E-state index contributed by atoms with van der Waals surface area (Å²) < 4.78 is 61.2. The molecule has 0 unspecified atom stereocenters. The van der Waals surface area contributed by atoms with Crippen molar-refractivity contribution < 1.29 is 26.4 Å². The van der Waals surface area contributed by atoms with Crippen LogP contribution >= 0.6 is 0 Å². The molecule has 3 aromatic rings. The standard InChI is InChI=1S/C22H23N3O6S2/c1-15-4-11-21(33(29,30)24-18-5-9-19(31-3)10-6-18)14-22(15)25-32(27,28)20-12-7-17(8-13-20)23-16(2)26/h4-14,24-25H,1-3H3,(H,23,26). The fourth-order valence-electron chi connectivity index (χ4n) is 2.88. The van der Waals surface area contributed by atoms with E-state index in [0.717, 1.165) is 0 Å². The van der Waals surface area contributed by atoms with Gasteiger partial charge in [0.25, 0.3) is 20.0 Å². The summed E-state index contributed by atoms with van der Waals surface area (Å²) in [6.45, 7) is 3.00. The number of anilines is 3. The van der Waals surface area contributed by atoms with Gasteiger partial charge in [0.05, 0.1) is 22.6 Å². The number of hydrogen-bond donors (Lipinski definition) is 3. The first kappa shape index (κ1) is 24.1. The number of carbonyl (C=O) groups excluding carboxylic acids is 1. The average Bonchev–Trinajstić information content (AvgIpc) is 2.75. The molecule has 0 bridgehead atoms. The molecule has 0 fully saturated rings. The Morgan fingerprint density at radius 1 is 0.758 bits per heavy atom. The number of ether oxygens (including phenoxy) is 1. The molecular weight excluding hydrogens is 466 g/mol. The Morgan fingerprint density at radius 2 is 1.30 bits per heavy atom. The highest BCUT2D eigenvalue weighted by Crippen LogP contribution is 2.26. The Labute approximate surface area is 192 Å². The first-order valence-electron chi connectivity index (χ1n) is 9.68. The second kappa shape index (κ2) is 9.51. The predicted molar refractivity (Wildman–Crippen MR) is 127 cm³/mol. The van der Waals surface area contributed by atoms with Gasteiger partial charge in [-0.25, -0.2) is 16.8 Å². The van der Waals surface area contributed by atoms with Gasteiger partial charge in [-0.2, -0.15) is 0 Å². The molecule has 3 rings (SSSR count). The number of benzene rings is 3. The monoisotopic (exact) mass is 489 g/mol. The lowest BCUT2D eigenvalue weighted by Gasteiger charge is -2.14. The van der Waals surface area contributed by atoms with Crippen molar-refractivity contribution in [2.24, 2.45) is 0 Å². The lowest BCUT2D eigenvalue weighted by Crippen LogP contribution is -2.16. The molecule has 33 heavy (non-hydrogen) atoms. The van der Waals surface area contributed by atoms with Crippen LogP contribution in [0.5, 0.6) is 5.75 Å². The van der Waals surface area contributed by atoms with Crippen LogP contribution in [0.25, 0.3) is 0 Å². The quantitative estimate of drug-likeness (QED) is 0.443. The number of sulfonamides is 2. The summed E-state index contributed by atoms with van der Waals surface area (Å²) in [5, 5.41) is 2.56. The van der Waals surface area contributed by atoms with E-state index in [-0.39, 0.29) is 21.4 Å². The van der Waals surface area contributed by atoms with Crippen LogP contribution in [0, 0.1) is 6.92 Å². The van der Waals surface area contributed by atoms with Gasteiger partial charge in [-0.15, -0.1) is 0 Å². The average molecular weight is 490 g/mol. The molecule has 0 heterocycles. The Bertz CT molecular complexity index is 1370. The Balaban J connectivity index is 1.85. The van der Waals surface area contributed by atoms with Gasteiger partial charge in [-0.3, -0.25) is 14.2 Å². The van der Waals surface area contributed by atoms with Crippen molar-refractivity contribution in [2.45, 2.75) is 23.6 Å².